The van der Waals surface area contributed by atoms with Crippen LogP contribution in [0.5, 0.6) is 0 Å². The molecule has 0 unspecified atom stereocenters. The van der Waals surface area contributed by atoms with E-state index in [9.17, 15) is 0 Å². The molecule has 0 amide bonds. The van der Waals surface area contributed by atoms with Crippen LogP contribution in [0.1, 0.15) is 24.1 Å². The van der Waals surface area contributed by atoms with Gasteiger partial charge in [-0.25, -0.2) is 0 Å². The van der Waals surface area contributed by atoms with Gasteiger partial charge in [0.15, 0.2) is 0 Å². The smallest absolute Gasteiger partial charge is 0.0646 e. The Labute approximate surface area is 172 Å². The molecule has 0 bridgehead atoms. The Morgan fingerprint density at radius 2 is 2.07 bits per heavy atom. The third kappa shape index (κ3) is 4.66. The maximum absolute atomic E-state index is 6.18. The monoisotopic (exact) mass is 397 g/mol. The number of nitrogens with one attached hydrogen (secondary N) is 2. The number of dihydropyridines is 1. The molecule has 28 heavy (non-hydrogen) atoms. The lowest BCUT2D eigenvalue weighted by Crippen LogP contribution is -2.44. The molecular weight excluding hydrogens is 370 g/mol. The summed E-state index contributed by atoms with van der Waals surface area (Å²) < 4.78 is 0. The van der Waals surface area contributed by atoms with E-state index in [1.165, 1.54) is 24.2 Å². The Morgan fingerprint density at radius 3 is 2.89 bits per heavy atom. The van der Waals surface area contributed by atoms with E-state index in [0.29, 0.717) is 6.04 Å². The van der Waals surface area contributed by atoms with E-state index in [1.807, 2.05) is 25.4 Å². The van der Waals surface area contributed by atoms with Crippen molar-refractivity contribution in [2.45, 2.75) is 32.4 Å². The molecule has 0 spiro atoms. The van der Waals surface area contributed by atoms with Crippen molar-refractivity contribution >= 4 is 11.6 Å². The van der Waals surface area contributed by atoms with Crippen LogP contribution in [0, 0.1) is 6.92 Å². The van der Waals surface area contributed by atoms with Crippen molar-refractivity contribution in [3.05, 3.63) is 76.6 Å². The molecule has 6 heteroatoms. The van der Waals surface area contributed by atoms with Gasteiger partial charge in [0.25, 0.3) is 0 Å². The summed E-state index contributed by atoms with van der Waals surface area (Å²) in [5.41, 5.74) is 4.48. The van der Waals surface area contributed by atoms with Gasteiger partial charge in [-0.3, -0.25) is 4.98 Å². The molecule has 1 saturated heterocycles. The summed E-state index contributed by atoms with van der Waals surface area (Å²) in [6.07, 6.45) is 16.9. The fourth-order valence-electron chi connectivity index (χ4n) is 3.86. The first-order chi connectivity index (χ1) is 13.7. The van der Waals surface area contributed by atoms with Crippen LogP contribution in [0.3, 0.4) is 0 Å². The predicted octanol–water partition coefficient (Wildman–Crippen LogP) is 3.31. The largest absolute Gasteiger partial charge is 0.360 e. The first-order valence-electron chi connectivity index (χ1n) is 10.0. The van der Waals surface area contributed by atoms with Gasteiger partial charge in [-0.1, -0.05) is 11.6 Å². The van der Waals surface area contributed by atoms with E-state index in [-0.39, 0.29) is 0 Å². The zero-order valence-corrected chi connectivity index (χ0v) is 17.1. The van der Waals surface area contributed by atoms with Crippen LogP contribution in [-0.2, 0) is 6.54 Å². The standard InChI is InChI=1S/C22H28ClN5/c1-17-20(23)14-18(15-25-17)16-26-19-6-10-27(11-7-19)12-13-28-9-3-4-21-22(28)5-2-8-24-21/h2-5,8-9,14-15,19,24,26H,6-7,10-13,16H2,1H3. The van der Waals surface area contributed by atoms with Crippen molar-refractivity contribution in [1.29, 1.82) is 0 Å². The van der Waals surface area contributed by atoms with Crippen LogP contribution in [0.15, 0.2) is 60.4 Å². The van der Waals surface area contributed by atoms with Crippen LogP contribution < -0.4 is 10.6 Å². The van der Waals surface area contributed by atoms with Gasteiger partial charge in [-0.15, -0.1) is 0 Å². The van der Waals surface area contributed by atoms with E-state index in [4.69, 9.17) is 11.6 Å². The summed E-state index contributed by atoms with van der Waals surface area (Å²) in [6, 6.07) is 2.58. The van der Waals surface area contributed by atoms with Gasteiger partial charge in [-0.05, 0) is 68.8 Å². The lowest BCUT2D eigenvalue weighted by Gasteiger charge is -2.35. The molecule has 3 aliphatic rings. The summed E-state index contributed by atoms with van der Waals surface area (Å²) >= 11 is 6.18. The van der Waals surface area contributed by atoms with Gasteiger partial charge in [0.1, 0.15) is 0 Å². The second-order valence-electron chi connectivity index (χ2n) is 7.58. The fraction of sp³-hybridized carbons (Fsp3) is 0.409. The highest BCUT2D eigenvalue weighted by molar-refractivity contribution is 6.31. The Balaban J connectivity index is 1.20. The average molecular weight is 398 g/mol. The number of likely N-dealkylation sites (tertiary alicyclic amines) is 1. The number of hydrogen-bond donors (Lipinski definition) is 2. The van der Waals surface area contributed by atoms with Crippen LogP contribution in [0.25, 0.3) is 0 Å². The first-order valence-corrected chi connectivity index (χ1v) is 10.4. The summed E-state index contributed by atoms with van der Waals surface area (Å²) in [4.78, 5) is 9.25. The first kappa shape index (κ1) is 19.2. The van der Waals surface area contributed by atoms with Gasteiger partial charge >= 0.3 is 0 Å². The molecular formula is C22H28ClN5. The third-order valence-corrected chi connectivity index (χ3v) is 6.01. The molecule has 4 heterocycles. The van der Waals surface area contributed by atoms with E-state index in [2.05, 4.69) is 55.9 Å². The second-order valence-corrected chi connectivity index (χ2v) is 7.99. The number of allylic oxidation sites excluding steroid dienone is 4. The molecule has 0 saturated carbocycles. The maximum Gasteiger partial charge on any atom is 0.0646 e. The lowest BCUT2D eigenvalue weighted by molar-refractivity contribution is 0.186. The number of halogens is 1. The molecule has 4 rings (SSSR count). The third-order valence-electron chi connectivity index (χ3n) is 5.62. The summed E-state index contributed by atoms with van der Waals surface area (Å²) in [6.45, 7) is 7.15. The summed E-state index contributed by atoms with van der Waals surface area (Å²) in [5, 5.41) is 7.73. The number of fused-ring (bicyclic) bond motifs is 1. The van der Waals surface area contributed by atoms with Gasteiger partial charge < -0.3 is 20.4 Å². The minimum atomic E-state index is 0.566. The molecule has 1 aromatic heterocycles. The number of pyridine rings is 1. The topological polar surface area (TPSA) is 43.4 Å². The number of aryl methyl sites for hydroxylation is 1. The molecule has 2 N–H and O–H groups in total. The zero-order valence-electron chi connectivity index (χ0n) is 16.4. The normalized spacial score (nSPS) is 19.9. The van der Waals surface area contributed by atoms with Gasteiger partial charge in [-0.2, -0.15) is 0 Å². The molecule has 3 aliphatic heterocycles. The molecule has 0 aromatic carbocycles. The molecule has 1 aromatic rings. The molecule has 1 fully saturated rings. The van der Waals surface area contributed by atoms with Crippen molar-refractivity contribution < 1.29 is 0 Å². The highest BCUT2D eigenvalue weighted by atomic mass is 35.5. The maximum atomic E-state index is 6.18. The fourth-order valence-corrected chi connectivity index (χ4v) is 4.05. The second kappa shape index (κ2) is 8.95. The number of piperidine rings is 1. The minimum absolute atomic E-state index is 0.566. The van der Waals surface area contributed by atoms with Gasteiger partial charge in [0, 0.05) is 44.3 Å². The minimum Gasteiger partial charge on any atom is -0.360 e. The summed E-state index contributed by atoms with van der Waals surface area (Å²) in [5.74, 6) is 0. The van der Waals surface area contributed by atoms with Gasteiger partial charge in [0.2, 0.25) is 0 Å². The number of rotatable bonds is 6. The quantitative estimate of drug-likeness (QED) is 0.770. The van der Waals surface area contributed by atoms with Crippen LogP contribution in [0.2, 0.25) is 5.02 Å². The Morgan fingerprint density at radius 1 is 1.21 bits per heavy atom. The van der Waals surface area contributed by atoms with E-state index in [1.54, 1.807) is 0 Å². The molecule has 5 nitrogen and oxygen atoms in total. The predicted molar refractivity (Wildman–Crippen MR) is 115 cm³/mol. The van der Waals surface area contributed by atoms with Crippen molar-refractivity contribution in [2.24, 2.45) is 0 Å². The lowest BCUT2D eigenvalue weighted by atomic mass is 10.0. The molecule has 148 valence electrons. The SMILES string of the molecule is Cc1ncc(CNC2CCN(CCN3C=CC=C4NC=CC=C43)CC2)cc1Cl. The Kier molecular flexibility index (Phi) is 6.15. The summed E-state index contributed by atoms with van der Waals surface area (Å²) in [7, 11) is 0. The van der Waals surface area contributed by atoms with E-state index < -0.39 is 0 Å². The molecule has 0 atom stereocenters. The molecule has 0 aliphatic carbocycles. The van der Waals surface area contributed by atoms with E-state index >= 15 is 0 Å². The van der Waals surface area contributed by atoms with Crippen molar-refractivity contribution in [2.75, 3.05) is 26.2 Å². The van der Waals surface area contributed by atoms with Crippen LogP contribution in [0.4, 0.5) is 0 Å². The van der Waals surface area contributed by atoms with Crippen LogP contribution >= 0.6 is 11.6 Å². The van der Waals surface area contributed by atoms with Crippen molar-refractivity contribution in [1.82, 2.24) is 25.4 Å². The Bertz CT molecular complexity index is 818. The van der Waals surface area contributed by atoms with Crippen molar-refractivity contribution in [3.8, 4) is 0 Å². The average Bonchev–Trinajstić information content (AvgIpc) is 2.74. The number of aromatic nitrogens is 1. The Hall–Kier alpha value is -2.08. The number of hydrogen-bond acceptors (Lipinski definition) is 5. The highest BCUT2D eigenvalue weighted by Gasteiger charge is 2.21. The van der Waals surface area contributed by atoms with E-state index in [0.717, 1.165) is 49.0 Å². The number of nitrogens with zero attached hydrogens (tertiary/aromatic N) is 3. The van der Waals surface area contributed by atoms with Crippen molar-refractivity contribution in [3.63, 3.8) is 0 Å². The zero-order chi connectivity index (χ0) is 19.3. The molecule has 0 radical (unpaired) electrons. The van der Waals surface area contributed by atoms with Gasteiger partial charge in [0.05, 0.1) is 22.1 Å². The van der Waals surface area contributed by atoms with Crippen LogP contribution in [-0.4, -0.2) is 47.0 Å². The highest BCUT2D eigenvalue weighted by Crippen LogP contribution is 2.21.